The van der Waals surface area contributed by atoms with Crippen molar-refractivity contribution in [1.29, 1.82) is 0 Å². The normalized spacial score (nSPS) is 17.5. The summed E-state index contributed by atoms with van der Waals surface area (Å²) in [6, 6.07) is 18.4. The number of carbonyl (C=O) groups excluding carboxylic acids is 1. The number of carbonyl (C=O) groups is 1. The third kappa shape index (κ3) is 7.56. The maximum Gasteiger partial charge on any atom is 0.250 e. The van der Waals surface area contributed by atoms with Gasteiger partial charge in [-0.05, 0) is 22.6 Å². The van der Waals surface area contributed by atoms with Gasteiger partial charge in [0.05, 0.1) is 6.61 Å². The molecule has 0 saturated carbocycles. The van der Waals surface area contributed by atoms with Gasteiger partial charge < -0.3 is 15.8 Å². The molecular formula is C23H33Cl2N3O2. The van der Waals surface area contributed by atoms with Crippen molar-refractivity contribution in [3.05, 3.63) is 71.3 Å². The molecule has 1 amide bonds. The molecule has 0 spiro atoms. The van der Waals surface area contributed by atoms with Crippen molar-refractivity contribution in [2.45, 2.75) is 38.5 Å². The summed E-state index contributed by atoms with van der Waals surface area (Å²) in [5.74, 6) is 0.402. The van der Waals surface area contributed by atoms with E-state index in [1.54, 1.807) is 0 Å². The van der Waals surface area contributed by atoms with Crippen LogP contribution in [0.1, 0.15) is 42.5 Å². The predicted octanol–water partition coefficient (Wildman–Crippen LogP) is 3.67. The zero-order chi connectivity index (χ0) is 19.9. The fourth-order valence-corrected chi connectivity index (χ4v) is 3.42. The van der Waals surface area contributed by atoms with Crippen LogP contribution in [0.25, 0.3) is 0 Å². The molecule has 2 aromatic rings. The highest BCUT2D eigenvalue weighted by Crippen LogP contribution is 2.17. The molecule has 1 aliphatic rings. The molecule has 1 heterocycles. The second kappa shape index (κ2) is 12.9. The van der Waals surface area contributed by atoms with Crippen LogP contribution in [0.2, 0.25) is 0 Å². The molecule has 3 N–H and O–H groups in total. The summed E-state index contributed by atoms with van der Waals surface area (Å²) in [5.41, 5.74) is 9.82. The quantitative estimate of drug-likeness (QED) is 0.670. The molecule has 3 rings (SSSR count). The number of benzene rings is 2. The van der Waals surface area contributed by atoms with E-state index in [1.165, 1.54) is 11.1 Å². The molecule has 30 heavy (non-hydrogen) atoms. The molecule has 0 radical (unpaired) electrons. The van der Waals surface area contributed by atoms with Crippen LogP contribution < -0.4 is 11.1 Å². The lowest BCUT2D eigenvalue weighted by Crippen LogP contribution is -2.50. The standard InChI is InChI=1S/C23H31N3O2.2ClH/c1-17(2)19-8-10-20(11-9-19)21(24)14-25-23(27)22-16-26(12-13-28-22)15-18-6-4-3-5-7-18;;/h3-11,17,21-22H,12-16,24H2,1-2H3,(H,25,27);2*1H. The molecule has 0 bridgehead atoms. The zero-order valence-electron chi connectivity index (χ0n) is 17.6. The van der Waals surface area contributed by atoms with Gasteiger partial charge in [-0.2, -0.15) is 0 Å². The van der Waals surface area contributed by atoms with Gasteiger partial charge in [-0.15, -0.1) is 24.8 Å². The van der Waals surface area contributed by atoms with E-state index in [1.807, 2.05) is 30.3 Å². The lowest BCUT2D eigenvalue weighted by Gasteiger charge is -2.32. The topological polar surface area (TPSA) is 67.6 Å². The Morgan fingerprint density at radius 3 is 2.37 bits per heavy atom. The molecule has 7 heteroatoms. The van der Waals surface area contributed by atoms with Crippen LogP contribution in [0.5, 0.6) is 0 Å². The number of hydrogen-bond acceptors (Lipinski definition) is 4. The first-order chi connectivity index (χ1) is 13.5. The maximum atomic E-state index is 12.6. The highest BCUT2D eigenvalue weighted by Gasteiger charge is 2.26. The van der Waals surface area contributed by atoms with E-state index in [-0.39, 0.29) is 36.8 Å². The van der Waals surface area contributed by atoms with Gasteiger partial charge in [0, 0.05) is 32.2 Å². The molecule has 1 saturated heterocycles. The smallest absolute Gasteiger partial charge is 0.250 e. The number of morpholine rings is 1. The molecule has 5 nitrogen and oxygen atoms in total. The van der Waals surface area contributed by atoms with Gasteiger partial charge in [0.1, 0.15) is 6.10 Å². The van der Waals surface area contributed by atoms with Crippen LogP contribution in [0.3, 0.4) is 0 Å². The van der Waals surface area contributed by atoms with Crippen LogP contribution in [-0.4, -0.2) is 43.2 Å². The molecule has 2 aromatic carbocycles. The Morgan fingerprint density at radius 2 is 1.73 bits per heavy atom. The second-order valence-electron chi connectivity index (χ2n) is 7.75. The molecule has 2 unspecified atom stereocenters. The minimum Gasteiger partial charge on any atom is -0.366 e. The van der Waals surface area contributed by atoms with Crippen molar-refractivity contribution in [1.82, 2.24) is 10.2 Å². The van der Waals surface area contributed by atoms with Gasteiger partial charge in [0.15, 0.2) is 0 Å². The van der Waals surface area contributed by atoms with Gasteiger partial charge in [0.2, 0.25) is 0 Å². The van der Waals surface area contributed by atoms with E-state index in [0.29, 0.717) is 25.6 Å². The summed E-state index contributed by atoms with van der Waals surface area (Å²) in [5, 5.41) is 2.96. The molecule has 2 atom stereocenters. The van der Waals surface area contributed by atoms with Crippen molar-refractivity contribution in [3.63, 3.8) is 0 Å². The Balaban J connectivity index is 0.00000225. The van der Waals surface area contributed by atoms with Crippen molar-refractivity contribution in [2.24, 2.45) is 5.73 Å². The van der Waals surface area contributed by atoms with E-state index >= 15 is 0 Å². The van der Waals surface area contributed by atoms with Gasteiger partial charge in [0.25, 0.3) is 5.91 Å². The van der Waals surface area contributed by atoms with E-state index in [2.05, 4.69) is 48.3 Å². The largest absolute Gasteiger partial charge is 0.366 e. The van der Waals surface area contributed by atoms with Crippen LogP contribution in [0, 0.1) is 0 Å². The Kier molecular flexibility index (Phi) is 11.4. The molecule has 0 aromatic heterocycles. The SMILES string of the molecule is CC(C)c1ccc(C(N)CNC(=O)C2CN(Cc3ccccc3)CCO2)cc1.Cl.Cl. The van der Waals surface area contributed by atoms with Gasteiger partial charge in [-0.3, -0.25) is 9.69 Å². The third-order valence-electron chi connectivity index (χ3n) is 5.22. The molecular weight excluding hydrogens is 421 g/mol. The van der Waals surface area contributed by atoms with E-state index in [9.17, 15) is 4.79 Å². The minimum atomic E-state index is -0.451. The first-order valence-corrected chi connectivity index (χ1v) is 10.0. The summed E-state index contributed by atoms with van der Waals surface area (Å²) in [7, 11) is 0. The number of halogens is 2. The van der Waals surface area contributed by atoms with E-state index in [4.69, 9.17) is 10.5 Å². The molecule has 1 aliphatic heterocycles. The first kappa shape index (κ1) is 26.4. The second-order valence-corrected chi connectivity index (χ2v) is 7.75. The number of amides is 1. The number of ether oxygens (including phenoxy) is 1. The molecule has 1 fully saturated rings. The summed E-state index contributed by atoms with van der Waals surface area (Å²) in [6.07, 6.45) is -0.451. The van der Waals surface area contributed by atoms with Gasteiger partial charge >= 0.3 is 0 Å². The van der Waals surface area contributed by atoms with E-state index < -0.39 is 6.10 Å². The van der Waals surface area contributed by atoms with E-state index in [0.717, 1.165) is 18.7 Å². The summed E-state index contributed by atoms with van der Waals surface area (Å²) < 4.78 is 5.69. The Morgan fingerprint density at radius 1 is 1.10 bits per heavy atom. The monoisotopic (exact) mass is 453 g/mol. The highest BCUT2D eigenvalue weighted by atomic mass is 35.5. The van der Waals surface area contributed by atoms with Gasteiger partial charge in [-0.1, -0.05) is 68.4 Å². The summed E-state index contributed by atoms with van der Waals surface area (Å²) >= 11 is 0. The lowest BCUT2D eigenvalue weighted by molar-refractivity contribution is -0.138. The molecule has 166 valence electrons. The van der Waals surface area contributed by atoms with Crippen molar-refractivity contribution >= 4 is 30.7 Å². The number of rotatable bonds is 7. The van der Waals surface area contributed by atoms with Crippen LogP contribution >= 0.6 is 24.8 Å². The van der Waals surface area contributed by atoms with Crippen LogP contribution in [0.15, 0.2) is 54.6 Å². The highest BCUT2D eigenvalue weighted by molar-refractivity contribution is 5.85. The Bertz CT molecular complexity index is 757. The zero-order valence-corrected chi connectivity index (χ0v) is 19.3. The third-order valence-corrected chi connectivity index (χ3v) is 5.22. The number of hydrogen-bond donors (Lipinski definition) is 2. The van der Waals surface area contributed by atoms with Crippen molar-refractivity contribution in [3.8, 4) is 0 Å². The average Bonchev–Trinajstić information content (AvgIpc) is 2.72. The fourth-order valence-electron chi connectivity index (χ4n) is 3.42. The van der Waals surface area contributed by atoms with Crippen molar-refractivity contribution in [2.75, 3.05) is 26.2 Å². The predicted molar refractivity (Wildman–Crippen MR) is 126 cm³/mol. The lowest BCUT2D eigenvalue weighted by atomic mass is 9.99. The number of nitrogens with one attached hydrogen (secondary N) is 1. The first-order valence-electron chi connectivity index (χ1n) is 10.0. The average molecular weight is 454 g/mol. The van der Waals surface area contributed by atoms with Crippen LogP contribution in [0.4, 0.5) is 0 Å². The molecule has 0 aliphatic carbocycles. The van der Waals surface area contributed by atoms with Crippen LogP contribution in [-0.2, 0) is 16.1 Å². The summed E-state index contributed by atoms with van der Waals surface area (Å²) in [4.78, 5) is 14.8. The maximum absolute atomic E-state index is 12.6. The fraction of sp³-hybridized carbons (Fsp3) is 0.435. The Hall–Kier alpha value is -1.63. The number of nitrogens with zero attached hydrogens (tertiary/aromatic N) is 1. The Labute approximate surface area is 192 Å². The minimum absolute atomic E-state index is 0. The summed E-state index contributed by atoms with van der Waals surface area (Å²) in [6.45, 7) is 7.56. The van der Waals surface area contributed by atoms with Gasteiger partial charge in [-0.25, -0.2) is 0 Å². The van der Waals surface area contributed by atoms with Crippen molar-refractivity contribution < 1.29 is 9.53 Å². The number of nitrogens with two attached hydrogens (primary N) is 1.